The number of methoxy groups -OCH3 is 1. The molecule has 0 saturated heterocycles. The summed E-state index contributed by atoms with van der Waals surface area (Å²) in [6.07, 6.45) is 0. The van der Waals surface area contributed by atoms with Crippen molar-refractivity contribution < 1.29 is 4.74 Å². The summed E-state index contributed by atoms with van der Waals surface area (Å²) in [5.74, 6) is 1.11. The first-order valence-corrected chi connectivity index (χ1v) is 5.82. The van der Waals surface area contributed by atoms with E-state index in [-0.39, 0.29) is 0 Å². The monoisotopic (exact) mass is 227 g/mol. The zero-order valence-electron chi connectivity index (χ0n) is 10.5. The Labute approximate surface area is 102 Å². The molecule has 2 nitrogen and oxygen atoms in total. The second-order valence-corrected chi connectivity index (χ2v) is 4.31. The summed E-state index contributed by atoms with van der Waals surface area (Å²) in [4.78, 5) is 4.56. The third-order valence-electron chi connectivity index (χ3n) is 2.78. The summed E-state index contributed by atoms with van der Waals surface area (Å²) < 4.78 is 5.20. The van der Waals surface area contributed by atoms with Crippen molar-refractivity contribution in [3.8, 4) is 17.1 Å². The standard InChI is InChI=1S/C15H17NO/c1-11(2)13-9-10-14(17-3)16-15(13)12-7-5-4-6-8-12/h4-11H,1-3H3. The van der Waals surface area contributed by atoms with E-state index in [9.17, 15) is 0 Å². The minimum Gasteiger partial charge on any atom is -0.481 e. The summed E-state index contributed by atoms with van der Waals surface area (Å²) in [6.45, 7) is 4.35. The third-order valence-corrected chi connectivity index (χ3v) is 2.78. The van der Waals surface area contributed by atoms with Gasteiger partial charge in [-0.1, -0.05) is 50.2 Å². The summed E-state index contributed by atoms with van der Waals surface area (Å²) in [6, 6.07) is 14.2. The number of hydrogen-bond donors (Lipinski definition) is 0. The second-order valence-electron chi connectivity index (χ2n) is 4.31. The van der Waals surface area contributed by atoms with Crippen molar-refractivity contribution in [3.63, 3.8) is 0 Å². The fourth-order valence-corrected chi connectivity index (χ4v) is 1.86. The maximum Gasteiger partial charge on any atom is 0.213 e. The molecule has 0 spiro atoms. The maximum atomic E-state index is 5.20. The first-order valence-electron chi connectivity index (χ1n) is 5.82. The Kier molecular flexibility index (Phi) is 3.43. The molecule has 0 aliphatic heterocycles. The molecule has 0 N–H and O–H groups in total. The van der Waals surface area contributed by atoms with Crippen molar-refractivity contribution in [2.45, 2.75) is 19.8 Å². The van der Waals surface area contributed by atoms with Gasteiger partial charge >= 0.3 is 0 Å². The minimum absolute atomic E-state index is 0.448. The first-order chi connectivity index (χ1) is 8.22. The molecule has 1 aromatic carbocycles. The summed E-state index contributed by atoms with van der Waals surface area (Å²) in [5.41, 5.74) is 3.40. The molecule has 2 aromatic rings. The van der Waals surface area contributed by atoms with Crippen LogP contribution in [0, 0.1) is 0 Å². The highest BCUT2D eigenvalue weighted by Crippen LogP contribution is 2.29. The van der Waals surface area contributed by atoms with E-state index in [0.717, 1.165) is 11.3 Å². The minimum atomic E-state index is 0.448. The van der Waals surface area contributed by atoms with Gasteiger partial charge in [0.15, 0.2) is 0 Å². The predicted octanol–water partition coefficient (Wildman–Crippen LogP) is 3.88. The lowest BCUT2D eigenvalue weighted by Crippen LogP contribution is -1.97. The van der Waals surface area contributed by atoms with E-state index in [1.807, 2.05) is 24.3 Å². The fourth-order valence-electron chi connectivity index (χ4n) is 1.86. The predicted molar refractivity (Wildman–Crippen MR) is 70.3 cm³/mol. The highest BCUT2D eigenvalue weighted by Gasteiger charge is 2.11. The van der Waals surface area contributed by atoms with Gasteiger partial charge in [0.1, 0.15) is 0 Å². The average molecular weight is 227 g/mol. The molecule has 0 atom stereocenters. The van der Waals surface area contributed by atoms with Crippen LogP contribution in [0.3, 0.4) is 0 Å². The van der Waals surface area contributed by atoms with Crippen molar-refractivity contribution in [2.24, 2.45) is 0 Å². The largest absolute Gasteiger partial charge is 0.481 e. The normalized spacial score (nSPS) is 10.6. The Morgan fingerprint density at radius 1 is 1.00 bits per heavy atom. The molecule has 0 saturated carbocycles. The van der Waals surface area contributed by atoms with Gasteiger partial charge in [0.05, 0.1) is 12.8 Å². The molecule has 2 rings (SSSR count). The smallest absolute Gasteiger partial charge is 0.213 e. The van der Waals surface area contributed by atoms with E-state index in [4.69, 9.17) is 4.74 Å². The topological polar surface area (TPSA) is 22.1 Å². The number of rotatable bonds is 3. The highest BCUT2D eigenvalue weighted by molar-refractivity contribution is 5.64. The Morgan fingerprint density at radius 3 is 2.29 bits per heavy atom. The van der Waals surface area contributed by atoms with Gasteiger partial charge in [-0.05, 0) is 11.5 Å². The van der Waals surface area contributed by atoms with E-state index < -0.39 is 0 Å². The number of hydrogen-bond acceptors (Lipinski definition) is 2. The maximum absolute atomic E-state index is 5.20. The van der Waals surface area contributed by atoms with E-state index >= 15 is 0 Å². The van der Waals surface area contributed by atoms with Crippen LogP contribution in [0.5, 0.6) is 5.88 Å². The van der Waals surface area contributed by atoms with E-state index in [2.05, 4.69) is 37.0 Å². The number of pyridine rings is 1. The van der Waals surface area contributed by atoms with Crippen molar-refractivity contribution in [3.05, 3.63) is 48.0 Å². The molecule has 1 heterocycles. The molecule has 0 bridgehead atoms. The van der Waals surface area contributed by atoms with Crippen LogP contribution < -0.4 is 4.74 Å². The zero-order valence-corrected chi connectivity index (χ0v) is 10.5. The molecule has 2 heteroatoms. The Hall–Kier alpha value is -1.83. The first kappa shape index (κ1) is 11.6. The molecule has 0 radical (unpaired) electrons. The van der Waals surface area contributed by atoms with Gasteiger partial charge in [-0.2, -0.15) is 0 Å². The van der Waals surface area contributed by atoms with Crippen LogP contribution in [-0.2, 0) is 0 Å². The van der Waals surface area contributed by atoms with Crippen LogP contribution in [0.25, 0.3) is 11.3 Å². The fraction of sp³-hybridized carbons (Fsp3) is 0.267. The Balaban J connectivity index is 2.57. The summed E-state index contributed by atoms with van der Waals surface area (Å²) in [5, 5.41) is 0. The van der Waals surface area contributed by atoms with Gasteiger partial charge in [0.2, 0.25) is 5.88 Å². The van der Waals surface area contributed by atoms with Gasteiger partial charge in [0.25, 0.3) is 0 Å². The number of nitrogens with zero attached hydrogens (tertiary/aromatic N) is 1. The second kappa shape index (κ2) is 5.00. The van der Waals surface area contributed by atoms with Crippen LogP contribution in [0.1, 0.15) is 25.3 Å². The molecule has 0 amide bonds. The van der Waals surface area contributed by atoms with Crippen molar-refractivity contribution in [1.29, 1.82) is 0 Å². The van der Waals surface area contributed by atoms with Crippen LogP contribution in [-0.4, -0.2) is 12.1 Å². The van der Waals surface area contributed by atoms with Gasteiger partial charge < -0.3 is 4.74 Å². The van der Waals surface area contributed by atoms with Crippen LogP contribution in [0.2, 0.25) is 0 Å². The molecule has 0 unspecified atom stereocenters. The lowest BCUT2D eigenvalue weighted by molar-refractivity contribution is 0.398. The van der Waals surface area contributed by atoms with Crippen LogP contribution in [0.15, 0.2) is 42.5 Å². The van der Waals surface area contributed by atoms with E-state index in [1.165, 1.54) is 5.56 Å². The molecule has 0 aliphatic rings. The highest BCUT2D eigenvalue weighted by atomic mass is 16.5. The quantitative estimate of drug-likeness (QED) is 0.793. The molecule has 0 fully saturated rings. The molecule has 0 aliphatic carbocycles. The summed E-state index contributed by atoms with van der Waals surface area (Å²) in [7, 11) is 1.64. The van der Waals surface area contributed by atoms with Crippen molar-refractivity contribution >= 4 is 0 Å². The lowest BCUT2D eigenvalue weighted by atomic mass is 9.97. The molecular weight excluding hydrogens is 210 g/mol. The number of ether oxygens (including phenoxy) is 1. The molecule has 88 valence electrons. The average Bonchev–Trinajstić information content (AvgIpc) is 2.39. The van der Waals surface area contributed by atoms with E-state index in [1.54, 1.807) is 7.11 Å². The van der Waals surface area contributed by atoms with Crippen molar-refractivity contribution in [2.75, 3.05) is 7.11 Å². The molecule has 17 heavy (non-hydrogen) atoms. The van der Waals surface area contributed by atoms with Gasteiger partial charge in [-0.3, -0.25) is 0 Å². The van der Waals surface area contributed by atoms with Gasteiger partial charge in [-0.25, -0.2) is 4.98 Å². The van der Waals surface area contributed by atoms with Crippen LogP contribution >= 0.6 is 0 Å². The summed E-state index contributed by atoms with van der Waals surface area (Å²) >= 11 is 0. The Bertz CT molecular complexity index is 492. The SMILES string of the molecule is COc1ccc(C(C)C)c(-c2ccccc2)n1. The Morgan fingerprint density at radius 2 is 1.71 bits per heavy atom. The zero-order chi connectivity index (χ0) is 12.3. The van der Waals surface area contributed by atoms with Crippen molar-refractivity contribution in [1.82, 2.24) is 4.98 Å². The van der Waals surface area contributed by atoms with Gasteiger partial charge in [0, 0.05) is 11.6 Å². The lowest BCUT2D eigenvalue weighted by Gasteiger charge is -2.13. The molecule has 1 aromatic heterocycles. The third kappa shape index (κ3) is 2.47. The van der Waals surface area contributed by atoms with Crippen LogP contribution in [0.4, 0.5) is 0 Å². The number of benzene rings is 1. The number of aromatic nitrogens is 1. The molecular formula is C15H17NO. The van der Waals surface area contributed by atoms with E-state index in [0.29, 0.717) is 11.8 Å². The van der Waals surface area contributed by atoms with Gasteiger partial charge in [-0.15, -0.1) is 0 Å².